The van der Waals surface area contributed by atoms with Crippen LogP contribution in [0, 0.1) is 0 Å². The van der Waals surface area contributed by atoms with Gasteiger partial charge in [-0.15, -0.1) is 10.2 Å². The molecule has 0 unspecified atom stereocenters. The second kappa shape index (κ2) is 5.28. The Balaban J connectivity index is 1.63. The minimum atomic E-state index is -0.0141. The van der Waals surface area contributed by atoms with Gasteiger partial charge in [-0.2, -0.15) is 0 Å². The van der Waals surface area contributed by atoms with E-state index < -0.39 is 0 Å². The molecule has 3 rings (SSSR count). The largest absolute Gasteiger partial charge is 0.337 e. The van der Waals surface area contributed by atoms with Crippen molar-refractivity contribution in [2.75, 3.05) is 13.6 Å². The Morgan fingerprint density at radius 3 is 3.11 bits per heavy atom. The lowest BCUT2D eigenvalue weighted by Crippen LogP contribution is -2.47. The third kappa shape index (κ3) is 2.49. The number of hydrogen-bond donors (Lipinski definition) is 1. The van der Waals surface area contributed by atoms with Gasteiger partial charge in [0.05, 0.1) is 12.6 Å². The molecule has 104 valence electrons. The van der Waals surface area contributed by atoms with Gasteiger partial charge in [-0.05, 0) is 25.8 Å². The van der Waals surface area contributed by atoms with Crippen molar-refractivity contribution in [3.8, 4) is 0 Å². The summed E-state index contributed by atoms with van der Waals surface area (Å²) in [7, 11) is 1.86. The van der Waals surface area contributed by atoms with Crippen molar-refractivity contribution in [1.29, 1.82) is 0 Å². The molecule has 1 amide bonds. The van der Waals surface area contributed by atoms with Crippen LogP contribution in [0.2, 0.25) is 0 Å². The van der Waals surface area contributed by atoms with E-state index in [1.807, 2.05) is 7.05 Å². The molecule has 6 nitrogen and oxygen atoms in total. The quantitative estimate of drug-likeness (QED) is 0.853. The van der Waals surface area contributed by atoms with Crippen molar-refractivity contribution in [2.24, 2.45) is 0 Å². The van der Waals surface area contributed by atoms with Crippen LogP contribution in [0.1, 0.15) is 37.3 Å². The summed E-state index contributed by atoms with van der Waals surface area (Å²) in [6.45, 7) is 2.50. The molecule has 2 aliphatic heterocycles. The van der Waals surface area contributed by atoms with Gasteiger partial charge in [0.1, 0.15) is 5.82 Å². The zero-order valence-electron chi connectivity index (χ0n) is 11.4. The van der Waals surface area contributed by atoms with E-state index >= 15 is 0 Å². The molecule has 0 aliphatic carbocycles. The van der Waals surface area contributed by atoms with Gasteiger partial charge in [-0.1, -0.05) is 6.42 Å². The molecular weight excluding hydrogens is 242 g/mol. The summed E-state index contributed by atoms with van der Waals surface area (Å²) in [6.07, 6.45) is 5.40. The molecule has 1 fully saturated rings. The predicted molar refractivity (Wildman–Crippen MR) is 70.5 cm³/mol. The summed E-state index contributed by atoms with van der Waals surface area (Å²) in [5.41, 5.74) is 0. The number of likely N-dealkylation sites (N-methyl/N-ethyl adjacent to an activating group) is 1. The van der Waals surface area contributed by atoms with E-state index in [0.717, 1.165) is 50.4 Å². The highest BCUT2D eigenvalue weighted by Crippen LogP contribution is 2.16. The number of amides is 1. The molecule has 0 spiro atoms. The summed E-state index contributed by atoms with van der Waals surface area (Å²) in [6, 6.07) is -0.0141. The molecule has 0 radical (unpaired) electrons. The van der Waals surface area contributed by atoms with E-state index in [4.69, 9.17) is 0 Å². The number of aryl methyl sites for hydroxylation is 1. The Bertz CT molecular complexity index is 464. The number of piperidine rings is 1. The first-order valence-corrected chi connectivity index (χ1v) is 7.15. The molecule has 0 bridgehead atoms. The van der Waals surface area contributed by atoms with Gasteiger partial charge in [0.2, 0.25) is 5.91 Å². The number of hydrogen-bond acceptors (Lipinski definition) is 4. The van der Waals surface area contributed by atoms with Gasteiger partial charge in [-0.25, -0.2) is 0 Å². The van der Waals surface area contributed by atoms with Gasteiger partial charge >= 0.3 is 0 Å². The Kier molecular flexibility index (Phi) is 3.50. The van der Waals surface area contributed by atoms with Crippen molar-refractivity contribution >= 4 is 5.91 Å². The topological polar surface area (TPSA) is 63.1 Å². The first-order chi connectivity index (χ1) is 9.25. The zero-order chi connectivity index (χ0) is 13.2. The number of nitrogens with zero attached hydrogens (tertiary/aromatic N) is 4. The monoisotopic (exact) mass is 263 g/mol. The molecule has 19 heavy (non-hydrogen) atoms. The fourth-order valence-electron chi connectivity index (χ4n) is 2.95. The first kappa shape index (κ1) is 12.6. The molecule has 1 aromatic heterocycles. The Morgan fingerprint density at radius 1 is 1.42 bits per heavy atom. The lowest BCUT2D eigenvalue weighted by Gasteiger charge is -2.27. The smallest absolute Gasteiger partial charge is 0.239 e. The average molecular weight is 263 g/mol. The van der Waals surface area contributed by atoms with Crippen LogP contribution in [0.3, 0.4) is 0 Å². The number of carbonyl (C=O) groups excluding carboxylic acids is 1. The zero-order valence-corrected chi connectivity index (χ0v) is 11.4. The number of fused-ring (bicyclic) bond motifs is 1. The van der Waals surface area contributed by atoms with Crippen LogP contribution in [0.5, 0.6) is 0 Å². The number of nitrogens with one attached hydrogen (secondary N) is 1. The second-order valence-electron chi connectivity index (χ2n) is 5.48. The van der Waals surface area contributed by atoms with E-state index in [9.17, 15) is 4.79 Å². The van der Waals surface area contributed by atoms with Gasteiger partial charge in [0.25, 0.3) is 0 Å². The fraction of sp³-hybridized carbons (Fsp3) is 0.769. The van der Waals surface area contributed by atoms with Crippen LogP contribution in [-0.4, -0.2) is 45.2 Å². The number of aromatic nitrogens is 3. The predicted octanol–water partition coefficient (Wildman–Crippen LogP) is 0.325. The maximum atomic E-state index is 12.3. The molecule has 1 N–H and O–H groups in total. The highest BCUT2D eigenvalue weighted by Gasteiger charge is 2.25. The molecule has 1 aromatic rings. The Morgan fingerprint density at radius 2 is 2.32 bits per heavy atom. The van der Waals surface area contributed by atoms with Crippen LogP contribution in [0.4, 0.5) is 0 Å². The van der Waals surface area contributed by atoms with Crippen molar-refractivity contribution in [2.45, 2.75) is 51.2 Å². The molecular formula is C13H21N5O. The highest BCUT2D eigenvalue weighted by atomic mass is 16.2. The molecule has 2 aliphatic rings. The standard InChI is InChI=1S/C13H21N5O/c1-17(13(19)10-5-2-3-7-14-10)9-12-16-15-11-6-4-8-18(11)12/h10,14H,2-9H2,1H3/t10-/m0/s1. The van der Waals surface area contributed by atoms with Crippen molar-refractivity contribution in [3.63, 3.8) is 0 Å². The number of rotatable bonds is 3. The van der Waals surface area contributed by atoms with Gasteiger partial charge in [0, 0.05) is 20.0 Å². The van der Waals surface area contributed by atoms with E-state index in [1.54, 1.807) is 4.90 Å². The minimum Gasteiger partial charge on any atom is -0.337 e. The third-order valence-electron chi connectivity index (χ3n) is 4.05. The highest BCUT2D eigenvalue weighted by molar-refractivity contribution is 5.81. The first-order valence-electron chi connectivity index (χ1n) is 7.15. The van der Waals surface area contributed by atoms with Crippen LogP contribution in [0.25, 0.3) is 0 Å². The Hall–Kier alpha value is -1.43. The minimum absolute atomic E-state index is 0.0141. The van der Waals surface area contributed by atoms with Crippen molar-refractivity contribution < 1.29 is 4.79 Å². The summed E-state index contributed by atoms with van der Waals surface area (Å²) in [5.74, 6) is 2.15. The summed E-state index contributed by atoms with van der Waals surface area (Å²) in [5, 5.41) is 11.7. The van der Waals surface area contributed by atoms with Gasteiger partial charge < -0.3 is 14.8 Å². The molecule has 1 saturated heterocycles. The average Bonchev–Trinajstić information content (AvgIpc) is 3.04. The SMILES string of the molecule is CN(Cc1nnc2n1CCC2)C(=O)[C@@H]1CCCCN1. The van der Waals surface area contributed by atoms with Crippen molar-refractivity contribution in [1.82, 2.24) is 25.0 Å². The molecule has 0 aromatic carbocycles. The molecule has 6 heteroatoms. The van der Waals surface area contributed by atoms with E-state index in [2.05, 4.69) is 20.1 Å². The summed E-state index contributed by atoms with van der Waals surface area (Å²) in [4.78, 5) is 14.1. The van der Waals surface area contributed by atoms with Crippen LogP contribution in [-0.2, 0) is 24.3 Å². The van der Waals surface area contributed by atoms with E-state index in [1.165, 1.54) is 6.42 Å². The van der Waals surface area contributed by atoms with Crippen LogP contribution >= 0.6 is 0 Å². The van der Waals surface area contributed by atoms with E-state index in [-0.39, 0.29) is 11.9 Å². The normalized spacial score (nSPS) is 22.3. The summed E-state index contributed by atoms with van der Waals surface area (Å²) < 4.78 is 2.15. The maximum absolute atomic E-state index is 12.3. The number of carbonyl (C=O) groups is 1. The van der Waals surface area contributed by atoms with Crippen LogP contribution in [0.15, 0.2) is 0 Å². The third-order valence-corrected chi connectivity index (χ3v) is 4.05. The molecule has 0 saturated carbocycles. The van der Waals surface area contributed by atoms with E-state index in [0.29, 0.717) is 6.54 Å². The molecule has 1 atom stereocenters. The van der Waals surface area contributed by atoms with Gasteiger partial charge in [0.15, 0.2) is 5.82 Å². The van der Waals surface area contributed by atoms with Crippen LogP contribution < -0.4 is 5.32 Å². The maximum Gasteiger partial charge on any atom is 0.239 e. The lowest BCUT2D eigenvalue weighted by molar-refractivity contribution is -0.133. The lowest BCUT2D eigenvalue weighted by atomic mass is 10.0. The van der Waals surface area contributed by atoms with Crippen molar-refractivity contribution in [3.05, 3.63) is 11.6 Å². The summed E-state index contributed by atoms with van der Waals surface area (Å²) >= 11 is 0. The fourth-order valence-corrected chi connectivity index (χ4v) is 2.95. The van der Waals surface area contributed by atoms with Gasteiger partial charge in [-0.3, -0.25) is 4.79 Å². The second-order valence-corrected chi connectivity index (χ2v) is 5.48. The molecule has 3 heterocycles. The Labute approximate surface area is 113 Å².